The van der Waals surface area contributed by atoms with Crippen molar-refractivity contribution >= 4 is 11.8 Å². The lowest BCUT2D eigenvalue weighted by Gasteiger charge is -2.37. The van der Waals surface area contributed by atoms with Crippen molar-refractivity contribution in [1.82, 2.24) is 19.8 Å². The first-order valence-electron chi connectivity index (χ1n) is 11.2. The van der Waals surface area contributed by atoms with Crippen LogP contribution >= 0.6 is 0 Å². The third-order valence-corrected chi connectivity index (χ3v) is 6.70. The Kier molecular flexibility index (Phi) is 5.74. The highest BCUT2D eigenvalue weighted by molar-refractivity contribution is 5.79. The molecule has 7 heteroatoms. The van der Waals surface area contributed by atoms with Gasteiger partial charge < -0.3 is 14.8 Å². The number of hydrogen-bond acceptors (Lipinski definition) is 4. The minimum Gasteiger partial charge on any atom is -0.337 e. The quantitative estimate of drug-likeness (QED) is 0.845. The molecule has 1 N–H and O–H groups in total. The number of fused-ring (bicyclic) bond motifs is 1. The summed E-state index contributed by atoms with van der Waals surface area (Å²) in [6.45, 7) is 5.51. The van der Waals surface area contributed by atoms with Crippen molar-refractivity contribution in [3.05, 3.63) is 27.4 Å². The summed E-state index contributed by atoms with van der Waals surface area (Å²) in [6, 6.07) is -0.158. The van der Waals surface area contributed by atoms with E-state index in [0.717, 1.165) is 50.6 Å². The predicted octanol–water partition coefficient (Wildman–Crippen LogP) is 2.55. The molecule has 3 heterocycles. The highest BCUT2D eigenvalue weighted by Crippen LogP contribution is 2.31. The van der Waals surface area contributed by atoms with E-state index in [0.29, 0.717) is 37.4 Å². The summed E-state index contributed by atoms with van der Waals surface area (Å²) in [4.78, 5) is 49.8. The van der Waals surface area contributed by atoms with Crippen LogP contribution in [0.5, 0.6) is 0 Å². The first-order valence-corrected chi connectivity index (χ1v) is 11.2. The molecule has 1 atom stereocenters. The Labute approximate surface area is 171 Å². The Morgan fingerprint density at radius 2 is 1.79 bits per heavy atom. The van der Waals surface area contributed by atoms with E-state index >= 15 is 0 Å². The van der Waals surface area contributed by atoms with Crippen molar-refractivity contribution in [1.29, 1.82) is 0 Å². The molecule has 1 aromatic rings. The maximum absolute atomic E-state index is 12.9. The van der Waals surface area contributed by atoms with Crippen molar-refractivity contribution < 1.29 is 9.59 Å². The second kappa shape index (κ2) is 8.28. The van der Waals surface area contributed by atoms with Gasteiger partial charge in [-0.05, 0) is 32.1 Å². The van der Waals surface area contributed by atoms with E-state index < -0.39 is 0 Å². The number of nitrogens with one attached hydrogen (secondary N) is 1. The van der Waals surface area contributed by atoms with E-state index in [1.54, 1.807) is 0 Å². The number of aromatic amines is 1. The first-order chi connectivity index (χ1) is 14.0. The Balaban J connectivity index is 1.56. The lowest BCUT2D eigenvalue weighted by atomic mass is 9.98. The van der Waals surface area contributed by atoms with Gasteiger partial charge in [0.05, 0.1) is 23.8 Å². The predicted molar refractivity (Wildman–Crippen MR) is 109 cm³/mol. The van der Waals surface area contributed by atoms with E-state index in [4.69, 9.17) is 4.98 Å². The SMILES string of the molecule is CC(C)C(=O)N1CCCCC1c1nc2c(c(=O)[nH]1)CN(C(=O)C1CCCC1)CC2. The lowest BCUT2D eigenvalue weighted by Crippen LogP contribution is -2.44. The van der Waals surface area contributed by atoms with Crippen LogP contribution in [-0.2, 0) is 22.6 Å². The van der Waals surface area contributed by atoms with E-state index in [1.165, 1.54) is 0 Å². The number of aromatic nitrogens is 2. The maximum atomic E-state index is 12.9. The van der Waals surface area contributed by atoms with Crippen LogP contribution in [0.25, 0.3) is 0 Å². The molecule has 0 aromatic carbocycles. The van der Waals surface area contributed by atoms with E-state index in [1.807, 2.05) is 23.6 Å². The fourth-order valence-corrected chi connectivity index (χ4v) is 5.03. The molecule has 2 fully saturated rings. The first kappa shape index (κ1) is 20.1. The molecule has 7 nitrogen and oxygen atoms in total. The van der Waals surface area contributed by atoms with Gasteiger partial charge in [-0.15, -0.1) is 0 Å². The average Bonchev–Trinajstić information content (AvgIpc) is 3.27. The van der Waals surface area contributed by atoms with Crippen molar-refractivity contribution in [3.63, 3.8) is 0 Å². The molecule has 0 radical (unpaired) electrons. The van der Waals surface area contributed by atoms with Crippen LogP contribution < -0.4 is 5.56 Å². The second-order valence-corrected chi connectivity index (χ2v) is 9.07. The Hall–Kier alpha value is -2.18. The van der Waals surface area contributed by atoms with E-state index in [-0.39, 0.29) is 35.3 Å². The van der Waals surface area contributed by atoms with Crippen molar-refractivity contribution in [2.24, 2.45) is 11.8 Å². The molecule has 1 saturated carbocycles. The molecule has 1 saturated heterocycles. The van der Waals surface area contributed by atoms with E-state index in [9.17, 15) is 14.4 Å². The zero-order chi connectivity index (χ0) is 20.5. The van der Waals surface area contributed by atoms with Gasteiger partial charge in [-0.1, -0.05) is 26.7 Å². The fraction of sp³-hybridized carbons (Fsp3) is 0.727. The smallest absolute Gasteiger partial charge is 0.256 e. The normalized spacial score (nSPS) is 22.8. The zero-order valence-electron chi connectivity index (χ0n) is 17.6. The number of piperidine rings is 1. The zero-order valence-corrected chi connectivity index (χ0v) is 17.6. The van der Waals surface area contributed by atoms with Crippen molar-refractivity contribution in [2.75, 3.05) is 13.1 Å². The molecule has 2 amide bonds. The molecule has 0 bridgehead atoms. The van der Waals surface area contributed by atoms with Crippen LogP contribution in [0, 0.1) is 11.8 Å². The summed E-state index contributed by atoms with van der Waals surface area (Å²) in [5.41, 5.74) is 1.25. The highest BCUT2D eigenvalue weighted by atomic mass is 16.2. The molecular formula is C22H32N4O3. The molecule has 1 unspecified atom stereocenters. The monoisotopic (exact) mass is 400 g/mol. The lowest BCUT2D eigenvalue weighted by molar-refractivity contribution is -0.139. The molecule has 29 heavy (non-hydrogen) atoms. The van der Waals surface area contributed by atoms with Crippen molar-refractivity contribution in [2.45, 2.75) is 77.8 Å². The number of H-pyrrole nitrogens is 1. The van der Waals surface area contributed by atoms with Crippen molar-refractivity contribution in [3.8, 4) is 0 Å². The Bertz CT molecular complexity index is 841. The Morgan fingerprint density at radius 3 is 2.52 bits per heavy atom. The number of rotatable bonds is 3. The minimum absolute atomic E-state index is 0.0740. The number of carbonyl (C=O) groups excluding carboxylic acids is 2. The number of likely N-dealkylation sites (tertiary alicyclic amines) is 1. The van der Waals surface area contributed by atoms with Gasteiger partial charge >= 0.3 is 0 Å². The number of nitrogens with zero attached hydrogens (tertiary/aromatic N) is 3. The van der Waals surface area contributed by atoms with Gasteiger partial charge in [0.25, 0.3) is 5.56 Å². The molecule has 3 aliphatic rings. The topological polar surface area (TPSA) is 86.4 Å². The highest BCUT2D eigenvalue weighted by Gasteiger charge is 2.34. The Morgan fingerprint density at radius 1 is 1.07 bits per heavy atom. The molecule has 4 rings (SSSR count). The van der Waals surface area contributed by atoms with Gasteiger partial charge in [-0.25, -0.2) is 4.98 Å². The maximum Gasteiger partial charge on any atom is 0.256 e. The standard InChI is InChI=1S/C22H32N4O3/c1-14(2)21(28)26-11-6-5-9-18(26)19-23-17-10-12-25(13-16(17)20(27)24-19)22(29)15-7-3-4-8-15/h14-15,18H,3-13H2,1-2H3,(H,23,24,27). The number of hydrogen-bond donors (Lipinski definition) is 1. The molecule has 1 aromatic heterocycles. The van der Waals surface area contributed by atoms with Gasteiger partial charge in [0.2, 0.25) is 11.8 Å². The number of amides is 2. The average molecular weight is 401 g/mol. The number of carbonyl (C=O) groups is 2. The van der Waals surface area contributed by atoms with Gasteiger partial charge in [-0.2, -0.15) is 0 Å². The van der Waals surface area contributed by atoms with Gasteiger partial charge in [-0.3, -0.25) is 14.4 Å². The van der Waals surface area contributed by atoms with Crippen LogP contribution in [0.2, 0.25) is 0 Å². The van der Waals surface area contributed by atoms with Crippen LogP contribution in [-0.4, -0.2) is 44.7 Å². The molecular weight excluding hydrogens is 368 g/mol. The van der Waals surface area contributed by atoms with E-state index in [2.05, 4.69) is 4.98 Å². The summed E-state index contributed by atoms with van der Waals surface area (Å²) < 4.78 is 0. The summed E-state index contributed by atoms with van der Waals surface area (Å²) in [7, 11) is 0. The third kappa shape index (κ3) is 3.96. The van der Waals surface area contributed by atoms with Gasteiger partial charge in [0.1, 0.15) is 5.82 Å². The fourth-order valence-electron chi connectivity index (χ4n) is 5.03. The molecule has 158 valence electrons. The summed E-state index contributed by atoms with van der Waals surface area (Å²) in [5.74, 6) is 0.967. The van der Waals surface area contributed by atoms with Crippen LogP contribution in [0.15, 0.2) is 4.79 Å². The van der Waals surface area contributed by atoms with Gasteiger partial charge in [0.15, 0.2) is 0 Å². The molecule has 2 aliphatic heterocycles. The summed E-state index contributed by atoms with van der Waals surface area (Å²) in [6.07, 6.45) is 7.63. The second-order valence-electron chi connectivity index (χ2n) is 9.07. The minimum atomic E-state index is -0.158. The third-order valence-electron chi connectivity index (χ3n) is 6.70. The van der Waals surface area contributed by atoms with Crippen LogP contribution in [0.4, 0.5) is 0 Å². The summed E-state index contributed by atoms with van der Waals surface area (Å²) >= 11 is 0. The van der Waals surface area contributed by atoms with Gasteiger partial charge in [0, 0.05) is 31.3 Å². The van der Waals surface area contributed by atoms with Crippen LogP contribution in [0.1, 0.15) is 81.9 Å². The summed E-state index contributed by atoms with van der Waals surface area (Å²) in [5, 5.41) is 0. The molecule has 0 spiro atoms. The molecule has 1 aliphatic carbocycles. The van der Waals surface area contributed by atoms with Crippen LogP contribution in [0.3, 0.4) is 0 Å². The largest absolute Gasteiger partial charge is 0.337 e.